The molecule has 0 radical (unpaired) electrons. The van der Waals surface area contributed by atoms with Crippen LogP contribution in [0.15, 0.2) is 59.9 Å². The Morgan fingerprint density at radius 2 is 1.83 bits per heavy atom. The molecule has 4 rings (SSSR count). The molecule has 0 saturated heterocycles. The van der Waals surface area contributed by atoms with E-state index < -0.39 is 0 Å². The maximum absolute atomic E-state index is 12.5. The van der Waals surface area contributed by atoms with E-state index in [2.05, 4.69) is 24.9 Å². The van der Waals surface area contributed by atoms with E-state index in [0.717, 1.165) is 18.5 Å². The van der Waals surface area contributed by atoms with E-state index in [1.807, 2.05) is 25.1 Å². The lowest BCUT2D eigenvalue weighted by molar-refractivity contribution is 0.311. The first-order valence-corrected chi connectivity index (χ1v) is 9.04. The lowest BCUT2D eigenvalue weighted by Gasteiger charge is -2.08. The van der Waals surface area contributed by atoms with Gasteiger partial charge >= 0.3 is 0 Å². The summed E-state index contributed by atoms with van der Waals surface area (Å²) in [7, 11) is 0. The maximum Gasteiger partial charge on any atom is 0.259 e. The first-order valence-electron chi connectivity index (χ1n) is 9.04. The highest BCUT2D eigenvalue weighted by atomic mass is 35.5. The van der Waals surface area contributed by atoms with E-state index in [-0.39, 0.29) is 30.4 Å². The highest BCUT2D eigenvalue weighted by Gasteiger charge is 2.09. The van der Waals surface area contributed by atoms with Crippen molar-refractivity contribution in [2.24, 2.45) is 0 Å². The Morgan fingerprint density at radius 1 is 1.03 bits per heavy atom. The van der Waals surface area contributed by atoms with Crippen molar-refractivity contribution in [2.75, 3.05) is 6.61 Å². The fourth-order valence-corrected chi connectivity index (χ4v) is 2.86. The smallest absolute Gasteiger partial charge is 0.259 e. The minimum Gasteiger partial charge on any atom is -0.494 e. The van der Waals surface area contributed by atoms with Crippen LogP contribution in [0.1, 0.15) is 17.7 Å². The normalized spacial score (nSPS) is 10.2. The quantitative estimate of drug-likeness (QED) is 0.451. The van der Waals surface area contributed by atoms with E-state index >= 15 is 0 Å². The molecule has 0 aliphatic carbocycles. The van der Waals surface area contributed by atoms with Crippen LogP contribution in [-0.2, 0) is 6.42 Å². The van der Waals surface area contributed by atoms with Crippen molar-refractivity contribution in [3.63, 3.8) is 0 Å². The number of aromatic amines is 1. The van der Waals surface area contributed by atoms with Gasteiger partial charge in [-0.15, -0.1) is 24.8 Å². The van der Waals surface area contributed by atoms with Crippen molar-refractivity contribution in [3.05, 3.63) is 76.7 Å². The van der Waals surface area contributed by atoms with Crippen LogP contribution in [0.25, 0.3) is 22.4 Å². The molecule has 1 aromatic carbocycles. The van der Waals surface area contributed by atoms with E-state index in [4.69, 9.17) is 4.74 Å². The van der Waals surface area contributed by atoms with Crippen LogP contribution in [0, 0.1) is 6.92 Å². The summed E-state index contributed by atoms with van der Waals surface area (Å²) in [6, 6.07) is 9.33. The Morgan fingerprint density at radius 3 is 2.57 bits per heavy atom. The summed E-state index contributed by atoms with van der Waals surface area (Å²) >= 11 is 0. The minimum atomic E-state index is -0.232. The van der Waals surface area contributed by atoms with Gasteiger partial charge in [-0.2, -0.15) is 0 Å². The number of H-pyrrole nitrogens is 1. The van der Waals surface area contributed by atoms with Gasteiger partial charge in [0.15, 0.2) is 5.82 Å². The topological polar surface area (TPSA) is 93.6 Å². The second-order valence-corrected chi connectivity index (χ2v) is 6.44. The summed E-state index contributed by atoms with van der Waals surface area (Å²) in [5.74, 6) is 1.05. The molecule has 0 aliphatic rings. The predicted molar refractivity (Wildman–Crippen MR) is 121 cm³/mol. The molecule has 3 aromatic heterocycles. The van der Waals surface area contributed by atoms with Gasteiger partial charge in [-0.3, -0.25) is 14.8 Å². The van der Waals surface area contributed by atoms with Crippen LogP contribution in [0.2, 0.25) is 0 Å². The molecule has 3 heterocycles. The lowest BCUT2D eigenvalue weighted by atomic mass is 10.1. The van der Waals surface area contributed by atoms with Gasteiger partial charge in [0.1, 0.15) is 11.4 Å². The number of aromatic nitrogens is 5. The van der Waals surface area contributed by atoms with E-state index in [0.29, 0.717) is 34.8 Å². The molecule has 0 amide bonds. The molecule has 0 aliphatic heterocycles. The van der Waals surface area contributed by atoms with Crippen LogP contribution in [0.5, 0.6) is 5.75 Å². The molecular formula is C21H21Cl2N5O2. The molecule has 156 valence electrons. The SMILES string of the molecule is Cc1cnc(-c2nc3ccc(OCCCc4ccncc4)cc3c(=O)[nH]2)cn1.Cl.Cl. The number of nitrogens with one attached hydrogen (secondary N) is 1. The Bertz CT molecular complexity index is 1150. The summed E-state index contributed by atoms with van der Waals surface area (Å²) in [4.78, 5) is 32.2. The zero-order valence-corrected chi connectivity index (χ0v) is 17.9. The molecule has 4 aromatic rings. The average molecular weight is 446 g/mol. The van der Waals surface area contributed by atoms with Crippen molar-refractivity contribution in [1.82, 2.24) is 24.9 Å². The highest BCUT2D eigenvalue weighted by Crippen LogP contribution is 2.19. The molecule has 0 atom stereocenters. The fourth-order valence-electron chi connectivity index (χ4n) is 2.86. The maximum atomic E-state index is 12.5. The molecule has 0 saturated carbocycles. The Labute approximate surface area is 185 Å². The molecule has 0 fully saturated rings. The third-order valence-corrected chi connectivity index (χ3v) is 4.33. The monoisotopic (exact) mass is 445 g/mol. The van der Waals surface area contributed by atoms with Crippen LogP contribution in [0.4, 0.5) is 0 Å². The molecule has 30 heavy (non-hydrogen) atoms. The van der Waals surface area contributed by atoms with Gasteiger partial charge in [0, 0.05) is 18.6 Å². The van der Waals surface area contributed by atoms with Gasteiger partial charge in [-0.1, -0.05) is 0 Å². The summed E-state index contributed by atoms with van der Waals surface area (Å²) in [5.41, 5.74) is 2.91. The van der Waals surface area contributed by atoms with Crippen molar-refractivity contribution in [3.8, 4) is 17.3 Å². The summed E-state index contributed by atoms with van der Waals surface area (Å²) in [6.07, 6.45) is 8.60. The van der Waals surface area contributed by atoms with Crippen LogP contribution in [-0.4, -0.2) is 31.5 Å². The van der Waals surface area contributed by atoms with Crippen LogP contribution < -0.4 is 10.3 Å². The standard InChI is InChI=1S/C21H19N5O2.2ClH/c1-14-12-24-19(13-23-14)20-25-18-5-4-16(11-17(18)21(27)26-20)28-10-2-3-15-6-8-22-9-7-15;;/h4-9,11-13H,2-3,10H2,1H3,(H,25,26,27);2*1H. The van der Waals surface area contributed by atoms with E-state index in [9.17, 15) is 4.79 Å². The zero-order valence-electron chi connectivity index (χ0n) is 16.2. The number of aryl methyl sites for hydroxylation is 2. The molecule has 1 N–H and O–H groups in total. The zero-order chi connectivity index (χ0) is 19.3. The van der Waals surface area contributed by atoms with Crippen molar-refractivity contribution >= 4 is 35.7 Å². The third kappa shape index (κ3) is 5.52. The third-order valence-electron chi connectivity index (χ3n) is 4.33. The van der Waals surface area contributed by atoms with Crippen molar-refractivity contribution < 1.29 is 4.74 Å². The number of fused-ring (bicyclic) bond motifs is 1. The van der Waals surface area contributed by atoms with Crippen LogP contribution in [0.3, 0.4) is 0 Å². The largest absolute Gasteiger partial charge is 0.494 e. The summed E-state index contributed by atoms with van der Waals surface area (Å²) in [6.45, 7) is 2.42. The average Bonchev–Trinajstić information content (AvgIpc) is 2.73. The Kier molecular flexibility index (Phi) is 8.26. The Hall–Kier alpha value is -3.03. The molecule has 9 heteroatoms. The lowest BCUT2D eigenvalue weighted by Crippen LogP contribution is -2.10. The summed E-state index contributed by atoms with van der Waals surface area (Å²) < 4.78 is 5.80. The van der Waals surface area contributed by atoms with E-state index in [1.54, 1.807) is 36.9 Å². The molecular weight excluding hydrogens is 425 g/mol. The number of hydrogen-bond donors (Lipinski definition) is 1. The Balaban J connectivity index is 0.00000160. The fraction of sp³-hybridized carbons (Fsp3) is 0.190. The highest BCUT2D eigenvalue weighted by molar-refractivity contribution is 5.85. The van der Waals surface area contributed by atoms with Crippen molar-refractivity contribution in [2.45, 2.75) is 19.8 Å². The van der Waals surface area contributed by atoms with Gasteiger partial charge in [0.05, 0.1) is 29.4 Å². The van der Waals surface area contributed by atoms with Gasteiger partial charge in [-0.05, 0) is 55.7 Å². The molecule has 0 spiro atoms. The number of benzene rings is 1. The molecule has 0 bridgehead atoms. The van der Waals surface area contributed by atoms with Gasteiger partial charge in [0.25, 0.3) is 5.56 Å². The second-order valence-electron chi connectivity index (χ2n) is 6.44. The summed E-state index contributed by atoms with van der Waals surface area (Å²) in [5, 5.41) is 0.482. The molecule has 0 unspecified atom stereocenters. The number of hydrogen-bond acceptors (Lipinski definition) is 6. The predicted octanol–water partition coefficient (Wildman–Crippen LogP) is 3.94. The minimum absolute atomic E-state index is 0. The first kappa shape index (κ1) is 23.3. The number of pyridine rings is 1. The van der Waals surface area contributed by atoms with E-state index in [1.165, 1.54) is 5.56 Å². The van der Waals surface area contributed by atoms with Crippen molar-refractivity contribution in [1.29, 1.82) is 0 Å². The van der Waals surface area contributed by atoms with Gasteiger partial charge < -0.3 is 9.72 Å². The van der Waals surface area contributed by atoms with Crippen LogP contribution >= 0.6 is 24.8 Å². The number of halogens is 2. The first-order chi connectivity index (χ1) is 13.7. The molecule has 7 nitrogen and oxygen atoms in total. The number of rotatable bonds is 6. The number of nitrogens with zero attached hydrogens (tertiary/aromatic N) is 4. The number of ether oxygens (including phenoxy) is 1. The van der Waals surface area contributed by atoms with Gasteiger partial charge in [-0.25, -0.2) is 9.97 Å². The van der Waals surface area contributed by atoms with Gasteiger partial charge in [0.2, 0.25) is 0 Å². The second kappa shape index (κ2) is 10.7.